The first-order chi connectivity index (χ1) is 18.2. The number of nitrogens with one attached hydrogen (secondary N) is 2. The van der Waals surface area contributed by atoms with E-state index in [1.165, 1.54) is 37.3 Å². The summed E-state index contributed by atoms with van der Waals surface area (Å²) >= 11 is 0. The summed E-state index contributed by atoms with van der Waals surface area (Å²) in [5.41, 5.74) is 3.88. The number of aryl methyl sites for hydroxylation is 1. The van der Waals surface area contributed by atoms with Crippen LogP contribution in [0, 0.1) is 18.6 Å². The average Bonchev–Trinajstić information content (AvgIpc) is 2.86. The molecule has 0 heterocycles. The molecule has 0 aromatic heterocycles. The Hall–Kier alpha value is -3.10. The standard InChI is InChI=1S/C24H36N2O4.C7H6F2/c1-17(27)25-15-21(28)16-26-24(11-9-18(10-12-24)13-22(29)30-5)20-8-6-7-19(14-20)23(2,3)4;1-5-2-6(8)4-7(9)3-5/h6-8,13-14,21,26,28H,9-12,15-16H2,1-5H3,(H,25,27);2-4H,1H3. The third-order valence-corrected chi connectivity index (χ3v) is 6.82. The van der Waals surface area contributed by atoms with Crippen LogP contribution in [0.5, 0.6) is 0 Å². The van der Waals surface area contributed by atoms with E-state index in [2.05, 4.69) is 55.7 Å². The Kier molecular flexibility index (Phi) is 11.8. The highest BCUT2D eigenvalue weighted by Gasteiger charge is 2.36. The number of ether oxygens (including phenoxy) is 1. The van der Waals surface area contributed by atoms with Crippen molar-refractivity contribution in [2.75, 3.05) is 20.2 Å². The largest absolute Gasteiger partial charge is 0.466 e. The molecule has 6 nitrogen and oxygen atoms in total. The van der Waals surface area contributed by atoms with Crippen LogP contribution in [0.3, 0.4) is 0 Å². The maximum atomic E-state index is 12.2. The molecule has 3 rings (SSSR count). The van der Waals surface area contributed by atoms with Crippen LogP contribution < -0.4 is 10.6 Å². The molecule has 214 valence electrons. The lowest BCUT2D eigenvalue weighted by molar-refractivity contribution is -0.135. The number of methoxy groups -OCH3 is 1. The third-order valence-electron chi connectivity index (χ3n) is 6.82. The van der Waals surface area contributed by atoms with Gasteiger partial charge in [0, 0.05) is 37.7 Å². The van der Waals surface area contributed by atoms with Gasteiger partial charge in [-0.05, 0) is 66.8 Å². The van der Waals surface area contributed by atoms with Gasteiger partial charge in [0.2, 0.25) is 5.91 Å². The summed E-state index contributed by atoms with van der Waals surface area (Å²) in [6, 6.07) is 12.0. The fraction of sp³-hybridized carbons (Fsp3) is 0.484. The van der Waals surface area contributed by atoms with Crippen LogP contribution in [-0.2, 0) is 25.3 Å². The van der Waals surface area contributed by atoms with Crippen LogP contribution in [0.1, 0.15) is 70.1 Å². The van der Waals surface area contributed by atoms with E-state index < -0.39 is 17.7 Å². The summed E-state index contributed by atoms with van der Waals surface area (Å²) in [5.74, 6) is -1.51. The van der Waals surface area contributed by atoms with Crippen LogP contribution in [0.25, 0.3) is 0 Å². The smallest absolute Gasteiger partial charge is 0.330 e. The molecule has 39 heavy (non-hydrogen) atoms. The lowest BCUT2D eigenvalue weighted by Gasteiger charge is -2.41. The number of esters is 1. The number of aliphatic hydroxyl groups is 1. The Morgan fingerprint density at radius 1 is 1.08 bits per heavy atom. The van der Waals surface area contributed by atoms with Crippen molar-refractivity contribution in [1.82, 2.24) is 10.6 Å². The Morgan fingerprint density at radius 3 is 2.21 bits per heavy atom. The minimum absolute atomic E-state index is 0.0345. The van der Waals surface area contributed by atoms with Gasteiger partial charge in [-0.25, -0.2) is 13.6 Å². The van der Waals surface area contributed by atoms with Gasteiger partial charge in [0.15, 0.2) is 0 Å². The molecular formula is C31H42F2N2O4. The maximum absolute atomic E-state index is 12.2. The van der Waals surface area contributed by atoms with Crippen molar-refractivity contribution in [1.29, 1.82) is 0 Å². The zero-order valence-corrected chi connectivity index (χ0v) is 23.9. The summed E-state index contributed by atoms with van der Waals surface area (Å²) in [4.78, 5) is 22.8. The van der Waals surface area contributed by atoms with E-state index in [1.54, 1.807) is 13.0 Å². The molecule has 0 saturated heterocycles. The lowest BCUT2D eigenvalue weighted by Crippen LogP contribution is -2.49. The lowest BCUT2D eigenvalue weighted by atomic mass is 9.73. The highest BCUT2D eigenvalue weighted by Crippen LogP contribution is 2.40. The van der Waals surface area contributed by atoms with Crippen LogP contribution in [-0.4, -0.2) is 43.3 Å². The average molecular weight is 545 g/mol. The van der Waals surface area contributed by atoms with Crippen LogP contribution in [0.15, 0.2) is 54.1 Å². The zero-order valence-electron chi connectivity index (χ0n) is 23.9. The molecule has 1 aliphatic rings. The van der Waals surface area contributed by atoms with Gasteiger partial charge in [-0.15, -0.1) is 0 Å². The maximum Gasteiger partial charge on any atom is 0.330 e. The molecule has 2 aromatic carbocycles. The molecule has 0 radical (unpaired) electrons. The van der Waals surface area contributed by atoms with E-state index in [-0.39, 0.29) is 29.4 Å². The fourth-order valence-corrected chi connectivity index (χ4v) is 4.56. The minimum Gasteiger partial charge on any atom is -0.466 e. The van der Waals surface area contributed by atoms with Crippen molar-refractivity contribution in [2.45, 2.75) is 77.4 Å². The molecule has 1 unspecified atom stereocenters. The van der Waals surface area contributed by atoms with Gasteiger partial charge in [0.05, 0.1) is 13.2 Å². The number of hydrogen-bond acceptors (Lipinski definition) is 5. The first kappa shape index (κ1) is 32.1. The van der Waals surface area contributed by atoms with Crippen molar-refractivity contribution in [3.63, 3.8) is 0 Å². The molecular weight excluding hydrogens is 502 g/mol. The SMILES string of the molecule is COC(=O)C=C1CCC(NCC(O)CNC(C)=O)(c2cccc(C(C)(C)C)c2)CC1.Cc1cc(F)cc(F)c1. The van der Waals surface area contributed by atoms with Gasteiger partial charge in [-0.2, -0.15) is 0 Å². The number of amides is 1. The quantitative estimate of drug-likeness (QED) is 0.329. The third kappa shape index (κ3) is 10.5. The molecule has 1 aliphatic carbocycles. The number of rotatable bonds is 7. The van der Waals surface area contributed by atoms with Crippen molar-refractivity contribution >= 4 is 11.9 Å². The highest BCUT2D eigenvalue weighted by molar-refractivity contribution is 5.82. The van der Waals surface area contributed by atoms with Crippen LogP contribution in [0.4, 0.5) is 8.78 Å². The van der Waals surface area contributed by atoms with Gasteiger partial charge < -0.3 is 20.5 Å². The number of hydrogen-bond donors (Lipinski definition) is 3. The fourth-order valence-electron chi connectivity index (χ4n) is 4.56. The first-order valence-corrected chi connectivity index (χ1v) is 13.2. The molecule has 0 spiro atoms. The van der Waals surface area contributed by atoms with E-state index in [9.17, 15) is 23.5 Å². The second-order valence-corrected chi connectivity index (χ2v) is 11.2. The van der Waals surface area contributed by atoms with E-state index in [4.69, 9.17) is 4.74 Å². The summed E-state index contributed by atoms with van der Waals surface area (Å²) in [5, 5.41) is 16.6. The number of benzene rings is 2. The molecule has 0 bridgehead atoms. The number of allylic oxidation sites excluding steroid dienone is 1. The highest BCUT2D eigenvalue weighted by atomic mass is 19.1. The van der Waals surface area contributed by atoms with Gasteiger partial charge >= 0.3 is 5.97 Å². The van der Waals surface area contributed by atoms with E-state index >= 15 is 0 Å². The van der Waals surface area contributed by atoms with Crippen molar-refractivity contribution in [3.05, 3.63) is 82.4 Å². The van der Waals surface area contributed by atoms with E-state index in [0.29, 0.717) is 12.1 Å². The van der Waals surface area contributed by atoms with Gasteiger partial charge in [-0.3, -0.25) is 4.79 Å². The Labute approximate surface area is 230 Å². The second-order valence-electron chi connectivity index (χ2n) is 11.2. The second kappa shape index (κ2) is 14.3. The number of carbonyl (C=O) groups excluding carboxylic acids is 2. The minimum atomic E-state index is -0.677. The monoisotopic (exact) mass is 544 g/mol. The predicted octanol–water partition coefficient (Wildman–Crippen LogP) is 5.21. The zero-order chi connectivity index (χ0) is 29.2. The first-order valence-electron chi connectivity index (χ1n) is 13.2. The van der Waals surface area contributed by atoms with E-state index in [0.717, 1.165) is 37.3 Å². The molecule has 1 atom stereocenters. The molecule has 2 aromatic rings. The molecule has 0 aliphatic heterocycles. The Bertz CT molecular complexity index is 1100. The van der Waals surface area contributed by atoms with Gasteiger partial charge in [-0.1, -0.05) is 50.6 Å². The Morgan fingerprint density at radius 2 is 1.69 bits per heavy atom. The van der Waals surface area contributed by atoms with Crippen LogP contribution >= 0.6 is 0 Å². The van der Waals surface area contributed by atoms with Crippen molar-refractivity contribution in [3.8, 4) is 0 Å². The molecule has 1 saturated carbocycles. The predicted molar refractivity (Wildman–Crippen MR) is 149 cm³/mol. The summed E-state index contributed by atoms with van der Waals surface area (Å²) in [6.07, 6.45) is 4.12. The number of carbonyl (C=O) groups is 2. The molecule has 8 heteroatoms. The van der Waals surface area contributed by atoms with Gasteiger partial charge in [0.25, 0.3) is 0 Å². The Balaban J connectivity index is 0.000000499. The normalized spacial score (nSPS) is 17.9. The van der Waals surface area contributed by atoms with Crippen molar-refractivity contribution < 1.29 is 28.2 Å². The topological polar surface area (TPSA) is 87.7 Å². The van der Waals surface area contributed by atoms with Crippen LogP contribution in [0.2, 0.25) is 0 Å². The van der Waals surface area contributed by atoms with E-state index in [1.807, 2.05) is 0 Å². The summed E-state index contributed by atoms with van der Waals surface area (Å²) in [6.45, 7) is 10.3. The summed E-state index contributed by atoms with van der Waals surface area (Å²) < 4.78 is 29.1. The molecule has 1 fully saturated rings. The molecule has 1 amide bonds. The van der Waals surface area contributed by atoms with Crippen molar-refractivity contribution in [2.24, 2.45) is 0 Å². The van der Waals surface area contributed by atoms with Gasteiger partial charge in [0.1, 0.15) is 11.6 Å². The number of halogens is 2. The molecule has 3 N–H and O–H groups in total. The number of aliphatic hydroxyl groups excluding tert-OH is 1. The summed E-state index contributed by atoms with van der Waals surface area (Å²) in [7, 11) is 1.39.